The molecule has 2 rings (SSSR count). The van der Waals surface area contributed by atoms with Gasteiger partial charge in [0.25, 0.3) is 0 Å². The summed E-state index contributed by atoms with van der Waals surface area (Å²) in [7, 11) is 3.20. The Hall–Kier alpha value is -1.63. The number of benzene rings is 1. The smallest absolute Gasteiger partial charge is 0.176 e. The lowest BCUT2D eigenvalue weighted by molar-refractivity contribution is -0.109. The maximum Gasteiger partial charge on any atom is 0.176 e. The van der Waals surface area contributed by atoms with E-state index in [1.807, 2.05) is 19.1 Å². The predicted molar refractivity (Wildman–Crippen MR) is 77.3 cm³/mol. The van der Waals surface area contributed by atoms with Crippen molar-refractivity contribution in [1.29, 1.82) is 0 Å². The molecule has 0 aliphatic heterocycles. The van der Waals surface area contributed by atoms with Crippen molar-refractivity contribution < 1.29 is 9.47 Å². The van der Waals surface area contributed by atoms with Crippen molar-refractivity contribution in [2.75, 3.05) is 19.5 Å². The number of nitrogens with one attached hydrogen (secondary N) is 1. The van der Waals surface area contributed by atoms with Crippen LogP contribution >= 0.6 is 11.6 Å². The first-order valence-electron chi connectivity index (χ1n) is 6.12. The van der Waals surface area contributed by atoms with Crippen LogP contribution in [-0.2, 0) is 9.47 Å². The molecule has 0 radical (unpaired) electrons. The number of methoxy groups -OCH3 is 2. The Balaban J connectivity index is 2.28. The number of hydrogen-bond acceptors (Lipinski definition) is 5. The van der Waals surface area contributed by atoms with Crippen molar-refractivity contribution in [2.24, 2.45) is 0 Å². The van der Waals surface area contributed by atoms with Gasteiger partial charge < -0.3 is 14.8 Å². The third-order valence-electron chi connectivity index (χ3n) is 2.88. The summed E-state index contributed by atoms with van der Waals surface area (Å²) in [5.74, 6) is 0. The number of anilines is 1. The summed E-state index contributed by atoms with van der Waals surface area (Å²) in [6.45, 7) is 1.96. The number of ether oxygens (including phenoxy) is 2. The first-order chi connectivity index (χ1) is 9.65. The zero-order valence-corrected chi connectivity index (χ0v) is 12.3. The fourth-order valence-electron chi connectivity index (χ4n) is 1.97. The number of aromatic nitrogens is 3. The summed E-state index contributed by atoms with van der Waals surface area (Å²) in [4.78, 5) is 3.95. The normalized spacial score (nSPS) is 12.7. The van der Waals surface area contributed by atoms with E-state index >= 15 is 0 Å². The molecule has 0 bridgehead atoms. The Morgan fingerprint density at radius 1 is 1.30 bits per heavy atom. The van der Waals surface area contributed by atoms with E-state index in [1.165, 1.54) is 6.33 Å². The average Bonchev–Trinajstić information content (AvgIpc) is 2.94. The summed E-state index contributed by atoms with van der Waals surface area (Å²) in [6, 6.07) is 5.45. The minimum atomic E-state index is -0.363. The molecule has 0 fully saturated rings. The molecular weight excluding hydrogens is 280 g/mol. The standard InChI is InChI=1S/C13H17ClN4O2/c1-9(13(19-2)20-3)17-11-6-10(14)4-5-12(11)18-8-15-7-16-18/h4-9,13,17H,1-3H3. The molecule has 0 amide bonds. The minimum Gasteiger partial charge on any atom is -0.376 e. The van der Waals surface area contributed by atoms with Crippen molar-refractivity contribution in [3.05, 3.63) is 35.9 Å². The SMILES string of the molecule is COC(OC)C(C)Nc1cc(Cl)ccc1-n1cncn1. The van der Waals surface area contributed by atoms with Crippen LogP contribution in [-0.4, -0.2) is 41.3 Å². The highest BCUT2D eigenvalue weighted by Crippen LogP contribution is 2.25. The third kappa shape index (κ3) is 3.27. The molecule has 0 saturated carbocycles. The van der Waals surface area contributed by atoms with Crippen LogP contribution in [0.1, 0.15) is 6.92 Å². The van der Waals surface area contributed by atoms with Crippen LogP contribution in [0, 0.1) is 0 Å². The Kier molecular flexibility index (Phi) is 4.94. The number of hydrogen-bond donors (Lipinski definition) is 1. The van der Waals surface area contributed by atoms with Gasteiger partial charge in [-0.25, -0.2) is 9.67 Å². The van der Waals surface area contributed by atoms with Gasteiger partial charge in [0.15, 0.2) is 6.29 Å². The van der Waals surface area contributed by atoms with Gasteiger partial charge in [-0.3, -0.25) is 0 Å². The zero-order chi connectivity index (χ0) is 14.5. The largest absolute Gasteiger partial charge is 0.376 e. The van der Waals surface area contributed by atoms with Crippen LogP contribution in [0.3, 0.4) is 0 Å². The molecule has 0 saturated heterocycles. The monoisotopic (exact) mass is 296 g/mol. The molecule has 0 aliphatic carbocycles. The molecule has 20 heavy (non-hydrogen) atoms. The van der Waals surface area contributed by atoms with Crippen LogP contribution in [0.5, 0.6) is 0 Å². The summed E-state index contributed by atoms with van der Waals surface area (Å²) in [6.07, 6.45) is 2.75. The molecule has 1 atom stereocenters. The van der Waals surface area contributed by atoms with Gasteiger partial charge in [0, 0.05) is 19.2 Å². The molecule has 1 unspecified atom stereocenters. The molecule has 1 N–H and O–H groups in total. The molecule has 2 aromatic rings. The van der Waals surface area contributed by atoms with E-state index < -0.39 is 0 Å². The highest BCUT2D eigenvalue weighted by Gasteiger charge is 2.17. The van der Waals surface area contributed by atoms with Crippen LogP contribution in [0.2, 0.25) is 5.02 Å². The Morgan fingerprint density at radius 3 is 2.65 bits per heavy atom. The van der Waals surface area contributed by atoms with Crippen molar-refractivity contribution in [3.63, 3.8) is 0 Å². The maximum atomic E-state index is 6.06. The molecule has 108 valence electrons. The molecule has 0 spiro atoms. The van der Waals surface area contributed by atoms with E-state index in [0.29, 0.717) is 5.02 Å². The van der Waals surface area contributed by atoms with Gasteiger partial charge in [-0.1, -0.05) is 11.6 Å². The molecule has 7 heteroatoms. The maximum absolute atomic E-state index is 6.06. The first-order valence-corrected chi connectivity index (χ1v) is 6.50. The molecule has 1 aromatic carbocycles. The van der Waals surface area contributed by atoms with Gasteiger partial charge in [-0.2, -0.15) is 5.10 Å². The fraction of sp³-hybridized carbons (Fsp3) is 0.385. The van der Waals surface area contributed by atoms with E-state index in [1.54, 1.807) is 31.3 Å². The number of nitrogens with zero attached hydrogens (tertiary/aromatic N) is 3. The van der Waals surface area contributed by atoms with E-state index in [-0.39, 0.29) is 12.3 Å². The van der Waals surface area contributed by atoms with E-state index in [2.05, 4.69) is 15.4 Å². The lowest BCUT2D eigenvalue weighted by atomic mass is 10.2. The Morgan fingerprint density at radius 2 is 2.05 bits per heavy atom. The van der Waals surface area contributed by atoms with E-state index in [9.17, 15) is 0 Å². The number of halogens is 1. The second-order valence-corrected chi connectivity index (χ2v) is 4.71. The van der Waals surface area contributed by atoms with Crippen LogP contribution in [0.4, 0.5) is 5.69 Å². The molecule has 1 aromatic heterocycles. The van der Waals surface area contributed by atoms with Crippen LogP contribution in [0.25, 0.3) is 5.69 Å². The van der Waals surface area contributed by atoms with E-state index in [4.69, 9.17) is 21.1 Å². The van der Waals surface area contributed by atoms with Gasteiger partial charge in [-0.05, 0) is 25.1 Å². The topological polar surface area (TPSA) is 61.2 Å². The quantitative estimate of drug-likeness (QED) is 0.829. The molecule has 1 heterocycles. The summed E-state index contributed by atoms with van der Waals surface area (Å²) in [5.41, 5.74) is 1.68. The van der Waals surface area contributed by atoms with Gasteiger partial charge in [0.05, 0.1) is 17.4 Å². The zero-order valence-electron chi connectivity index (χ0n) is 11.6. The van der Waals surface area contributed by atoms with Gasteiger partial charge in [-0.15, -0.1) is 0 Å². The van der Waals surface area contributed by atoms with Crippen molar-refractivity contribution >= 4 is 17.3 Å². The molecule has 6 nitrogen and oxygen atoms in total. The van der Waals surface area contributed by atoms with Gasteiger partial charge >= 0.3 is 0 Å². The third-order valence-corrected chi connectivity index (χ3v) is 3.12. The highest BCUT2D eigenvalue weighted by molar-refractivity contribution is 6.31. The summed E-state index contributed by atoms with van der Waals surface area (Å²) >= 11 is 6.06. The first kappa shape index (κ1) is 14.8. The van der Waals surface area contributed by atoms with Crippen LogP contribution < -0.4 is 5.32 Å². The predicted octanol–water partition coefficient (Wildman–Crippen LogP) is 2.34. The lowest BCUT2D eigenvalue weighted by Crippen LogP contribution is -2.34. The van der Waals surface area contributed by atoms with E-state index in [0.717, 1.165) is 11.4 Å². The molecule has 0 aliphatic rings. The molecular formula is C13H17ClN4O2. The summed E-state index contributed by atoms with van der Waals surface area (Å²) in [5, 5.41) is 8.08. The lowest BCUT2D eigenvalue weighted by Gasteiger charge is -2.24. The Labute approximate surface area is 122 Å². The van der Waals surface area contributed by atoms with Crippen LogP contribution in [0.15, 0.2) is 30.9 Å². The minimum absolute atomic E-state index is 0.0641. The Bertz CT molecular complexity index is 543. The fourth-order valence-corrected chi connectivity index (χ4v) is 2.15. The summed E-state index contributed by atoms with van der Waals surface area (Å²) < 4.78 is 12.2. The van der Waals surface area contributed by atoms with Crippen molar-refractivity contribution in [3.8, 4) is 5.69 Å². The van der Waals surface area contributed by atoms with Gasteiger partial charge in [0.1, 0.15) is 12.7 Å². The second kappa shape index (κ2) is 6.69. The number of rotatable bonds is 6. The second-order valence-electron chi connectivity index (χ2n) is 4.27. The van der Waals surface area contributed by atoms with Crippen molar-refractivity contribution in [1.82, 2.24) is 14.8 Å². The average molecular weight is 297 g/mol. The van der Waals surface area contributed by atoms with Gasteiger partial charge in [0.2, 0.25) is 0 Å². The highest BCUT2D eigenvalue weighted by atomic mass is 35.5. The van der Waals surface area contributed by atoms with Crippen molar-refractivity contribution in [2.45, 2.75) is 19.3 Å².